The lowest BCUT2D eigenvalue weighted by atomic mass is 10.1. The van der Waals surface area contributed by atoms with E-state index < -0.39 is 4.92 Å². The van der Waals surface area contributed by atoms with Crippen molar-refractivity contribution in [1.82, 2.24) is 9.55 Å². The van der Waals surface area contributed by atoms with Crippen molar-refractivity contribution in [3.8, 4) is 0 Å². The van der Waals surface area contributed by atoms with Gasteiger partial charge in [0.1, 0.15) is 0 Å². The summed E-state index contributed by atoms with van der Waals surface area (Å²) in [6.07, 6.45) is 8.45. The van der Waals surface area contributed by atoms with Crippen molar-refractivity contribution in [1.29, 1.82) is 0 Å². The molecule has 2 aromatic heterocycles. The van der Waals surface area contributed by atoms with Crippen LogP contribution in [0.5, 0.6) is 0 Å². The Bertz CT molecular complexity index is 996. The normalized spacial score (nSPS) is 13.6. The Labute approximate surface area is 162 Å². The minimum atomic E-state index is -0.461. The van der Waals surface area contributed by atoms with Crippen molar-refractivity contribution in [3.05, 3.63) is 88.0 Å². The molecule has 0 fully saturated rings. The fourth-order valence-corrected chi connectivity index (χ4v) is 3.62. The standard InChI is InChI=1S/C21H20N4O3/c26-21(17-6-8-18(9-7-17)25(27)28)24-12-2-1-5-19-20(24)10-13-23(19)15-16-4-3-11-22-14-16/h3-4,6-11,13-14H,1-2,5,12,15H2. The van der Waals surface area contributed by atoms with Crippen LogP contribution in [0.4, 0.5) is 11.4 Å². The lowest BCUT2D eigenvalue weighted by Crippen LogP contribution is -2.31. The number of carbonyl (C=O) groups excluding carboxylic acids is 1. The molecule has 28 heavy (non-hydrogen) atoms. The second-order valence-electron chi connectivity index (χ2n) is 6.85. The van der Waals surface area contributed by atoms with Gasteiger partial charge < -0.3 is 9.47 Å². The van der Waals surface area contributed by atoms with E-state index in [2.05, 4.69) is 9.55 Å². The molecule has 1 aromatic carbocycles. The zero-order chi connectivity index (χ0) is 19.5. The van der Waals surface area contributed by atoms with Crippen LogP contribution in [0.2, 0.25) is 0 Å². The third-order valence-electron chi connectivity index (χ3n) is 5.04. The van der Waals surface area contributed by atoms with Gasteiger partial charge in [-0.15, -0.1) is 0 Å². The number of fused-ring (bicyclic) bond motifs is 1. The molecule has 7 nitrogen and oxygen atoms in total. The summed E-state index contributed by atoms with van der Waals surface area (Å²) in [7, 11) is 0. The highest BCUT2D eigenvalue weighted by Gasteiger charge is 2.25. The highest BCUT2D eigenvalue weighted by Crippen LogP contribution is 2.30. The fourth-order valence-electron chi connectivity index (χ4n) is 3.62. The zero-order valence-corrected chi connectivity index (χ0v) is 15.3. The van der Waals surface area contributed by atoms with Gasteiger partial charge >= 0.3 is 0 Å². The van der Waals surface area contributed by atoms with Gasteiger partial charge in [-0.1, -0.05) is 6.07 Å². The third kappa shape index (κ3) is 3.51. The maximum Gasteiger partial charge on any atom is 0.269 e. The van der Waals surface area contributed by atoms with Gasteiger partial charge in [-0.05, 0) is 49.1 Å². The van der Waals surface area contributed by atoms with Crippen molar-refractivity contribution in [2.75, 3.05) is 11.4 Å². The Morgan fingerprint density at radius 2 is 1.96 bits per heavy atom. The molecule has 0 spiro atoms. The van der Waals surface area contributed by atoms with Gasteiger partial charge in [0.05, 0.1) is 10.6 Å². The minimum absolute atomic E-state index is 0.0178. The quantitative estimate of drug-likeness (QED) is 0.512. The summed E-state index contributed by atoms with van der Waals surface area (Å²) in [4.78, 5) is 29.5. The third-order valence-corrected chi connectivity index (χ3v) is 5.04. The number of hydrogen-bond acceptors (Lipinski definition) is 4. The van der Waals surface area contributed by atoms with Crippen LogP contribution in [0.15, 0.2) is 61.1 Å². The summed E-state index contributed by atoms with van der Waals surface area (Å²) in [5, 5.41) is 10.8. The summed E-state index contributed by atoms with van der Waals surface area (Å²) in [5.41, 5.74) is 3.61. The van der Waals surface area contributed by atoms with Crippen LogP contribution in [0, 0.1) is 10.1 Å². The number of amides is 1. The summed E-state index contributed by atoms with van der Waals surface area (Å²) in [5.74, 6) is -0.128. The van der Waals surface area contributed by atoms with Gasteiger partial charge in [-0.2, -0.15) is 0 Å². The molecule has 0 atom stereocenters. The average molecular weight is 376 g/mol. The van der Waals surface area contributed by atoms with Gasteiger partial charge in [0.15, 0.2) is 0 Å². The van der Waals surface area contributed by atoms with E-state index >= 15 is 0 Å². The molecule has 0 N–H and O–H groups in total. The highest BCUT2D eigenvalue weighted by atomic mass is 16.6. The number of carbonyl (C=O) groups is 1. The van der Waals surface area contributed by atoms with Crippen LogP contribution in [-0.4, -0.2) is 26.9 Å². The highest BCUT2D eigenvalue weighted by molar-refractivity contribution is 6.06. The Balaban J connectivity index is 1.63. The van der Waals surface area contributed by atoms with Crippen LogP contribution in [0.25, 0.3) is 0 Å². The fraction of sp³-hybridized carbons (Fsp3) is 0.238. The summed E-state index contributed by atoms with van der Waals surface area (Å²) in [6, 6.07) is 11.7. The number of aromatic nitrogens is 2. The first-order valence-electron chi connectivity index (χ1n) is 9.27. The molecule has 7 heteroatoms. The van der Waals surface area contributed by atoms with E-state index in [1.54, 1.807) is 11.1 Å². The lowest BCUT2D eigenvalue weighted by Gasteiger charge is -2.21. The molecular formula is C21H20N4O3. The van der Waals surface area contributed by atoms with E-state index in [9.17, 15) is 14.9 Å². The first-order valence-corrected chi connectivity index (χ1v) is 9.27. The molecule has 0 saturated heterocycles. The summed E-state index contributed by atoms with van der Waals surface area (Å²) in [6.45, 7) is 1.35. The Kier molecular flexibility index (Phi) is 4.89. The van der Waals surface area contributed by atoms with E-state index in [1.807, 2.05) is 30.6 Å². The topological polar surface area (TPSA) is 81.3 Å². The Morgan fingerprint density at radius 3 is 2.68 bits per heavy atom. The summed E-state index contributed by atoms with van der Waals surface area (Å²) < 4.78 is 2.17. The maximum atomic E-state index is 13.1. The van der Waals surface area contributed by atoms with Crippen molar-refractivity contribution in [2.24, 2.45) is 0 Å². The van der Waals surface area contributed by atoms with Gasteiger partial charge in [-0.25, -0.2) is 0 Å². The lowest BCUT2D eigenvalue weighted by molar-refractivity contribution is -0.384. The molecule has 1 amide bonds. The predicted octanol–water partition coefficient (Wildman–Crippen LogP) is 3.82. The number of rotatable bonds is 4. The Morgan fingerprint density at radius 1 is 1.14 bits per heavy atom. The van der Waals surface area contributed by atoms with Crippen molar-refractivity contribution >= 4 is 17.3 Å². The molecule has 0 aliphatic carbocycles. The molecule has 0 radical (unpaired) electrons. The van der Waals surface area contributed by atoms with Crippen LogP contribution in [0.1, 0.15) is 34.5 Å². The molecular weight excluding hydrogens is 356 g/mol. The molecule has 3 aromatic rings. The van der Waals surface area contributed by atoms with E-state index in [4.69, 9.17) is 0 Å². The second kappa shape index (κ2) is 7.64. The number of benzene rings is 1. The first-order chi connectivity index (χ1) is 13.6. The van der Waals surface area contributed by atoms with Crippen molar-refractivity contribution in [2.45, 2.75) is 25.8 Å². The van der Waals surface area contributed by atoms with Crippen molar-refractivity contribution < 1.29 is 9.72 Å². The zero-order valence-electron chi connectivity index (χ0n) is 15.3. The largest absolute Gasteiger partial charge is 0.345 e. The monoisotopic (exact) mass is 376 g/mol. The van der Waals surface area contributed by atoms with Crippen LogP contribution in [0.3, 0.4) is 0 Å². The van der Waals surface area contributed by atoms with Crippen LogP contribution >= 0.6 is 0 Å². The minimum Gasteiger partial charge on any atom is -0.345 e. The molecule has 1 aliphatic heterocycles. The average Bonchev–Trinajstić information content (AvgIpc) is 2.98. The van der Waals surface area contributed by atoms with Crippen LogP contribution < -0.4 is 4.90 Å². The molecule has 3 heterocycles. The molecule has 0 unspecified atom stereocenters. The number of nitro benzene ring substituents is 1. The van der Waals surface area contributed by atoms with E-state index in [1.165, 1.54) is 24.3 Å². The molecule has 142 valence electrons. The number of anilines is 1. The molecule has 0 saturated carbocycles. The van der Waals surface area contributed by atoms with Crippen LogP contribution in [-0.2, 0) is 13.0 Å². The summed E-state index contributed by atoms with van der Waals surface area (Å²) >= 11 is 0. The van der Waals surface area contributed by atoms with E-state index in [0.717, 1.165) is 36.2 Å². The SMILES string of the molecule is O=C(c1ccc([N+](=O)[O-])cc1)N1CCCCc2c1ccn2Cc1cccnc1. The number of pyridine rings is 1. The number of hydrogen-bond donors (Lipinski definition) is 0. The molecule has 4 rings (SSSR count). The maximum absolute atomic E-state index is 13.1. The predicted molar refractivity (Wildman–Crippen MR) is 105 cm³/mol. The van der Waals surface area contributed by atoms with Crippen molar-refractivity contribution in [3.63, 3.8) is 0 Å². The Hall–Kier alpha value is -3.48. The smallest absolute Gasteiger partial charge is 0.269 e. The van der Waals surface area contributed by atoms with Gasteiger partial charge in [-0.3, -0.25) is 19.9 Å². The molecule has 1 aliphatic rings. The van der Waals surface area contributed by atoms with Gasteiger partial charge in [0.2, 0.25) is 0 Å². The van der Waals surface area contributed by atoms with E-state index in [0.29, 0.717) is 18.7 Å². The first kappa shape index (κ1) is 17.9. The van der Waals surface area contributed by atoms with Gasteiger partial charge in [0, 0.05) is 55.1 Å². The van der Waals surface area contributed by atoms with E-state index in [-0.39, 0.29) is 11.6 Å². The number of nitro groups is 1. The van der Waals surface area contributed by atoms with Gasteiger partial charge in [0.25, 0.3) is 11.6 Å². The number of nitrogens with zero attached hydrogens (tertiary/aromatic N) is 4. The second-order valence-corrected chi connectivity index (χ2v) is 6.85. The number of non-ortho nitro benzene ring substituents is 1. The molecule has 0 bridgehead atoms.